The average molecular weight is 283 g/mol. The van der Waals surface area contributed by atoms with Gasteiger partial charge in [0.15, 0.2) is 0 Å². The van der Waals surface area contributed by atoms with E-state index in [0.29, 0.717) is 19.3 Å². The molecule has 1 unspecified atom stereocenters. The predicted molar refractivity (Wildman–Crippen MR) is 60.2 cm³/mol. The van der Waals surface area contributed by atoms with Crippen molar-refractivity contribution in [3.63, 3.8) is 0 Å². The second-order valence-electron chi connectivity index (χ2n) is 4.83. The van der Waals surface area contributed by atoms with E-state index in [4.69, 9.17) is 0 Å². The zero-order chi connectivity index (χ0) is 14.6. The monoisotopic (exact) mass is 283 g/mol. The summed E-state index contributed by atoms with van der Waals surface area (Å²) in [5.74, 6) is -6.79. The lowest BCUT2D eigenvalue weighted by Crippen LogP contribution is -2.52. The van der Waals surface area contributed by atoms with E-state index in [0.717, 1.165) is 11.3 Å². The number of rotatable bonds is 4. The molecule has 0 N–H and O–H groups in total. The molecular weight excluding hydrogens is 266 g/mol. The number of halogens is 4. The van der Waals surface area contributed by atoms with Crippen molar-refractivity contribution >= 4 is 11.7 Å². The number of hydrogen-bond donors (Lipinski definition) is 0. The van der Waals surface area contributed by atoms with Gasteiger partial charge in [0.25, 0.3) is 5.91 Å². The standard InChI is InChI=1S/C12H17F4NO2/c1-8(18)7-9-5-3-2-4-6-17(9)11(19)12(15,16)10(13)14/h9-10H,2-7H2,1H3. The highest BCUT2D eigenvalue weighted by Gasteiger charge is 2.52. The number of nitrogens with zero attached hydrogens (tertiary/aromatic N) is 1. The Morgan fingerprint density at radius 2 is 1.89 bits per heavy atom. The van der Waals surface area contributed by atoms with Gasteiger partial charge in [-0.25, -0.2) is 8.78 Å². The van der Waals surface area contributed by atoms with Gasteiger partial charge < -0.3 is 4.90 Å². The fourth-order valence-corrected chi connectivity index (χ4v) is 2.27. The normalized spacial score (nSPS) is 21.4. The molecule has 110 valence electrons. The number of Topliss-reactive ketones (excluding diaryl/α,β-unsaturated/α-hetero) is 1. The minimum absolute atomic E-state index is 0.000903. The van der Waals surface area contributed by atoms with Gasteiger partial charge in [-0.2, -0.15) is 8.78 Å². The highest BCUT2D eigenvalue weighted by atomic mass is 19.3. The van der Waals surface area contributed by atoms with Crippen molar-refractivity contribution in [3.05, 3.63) is 0 Å². The topological polar surface area (TPSA) is 37.4 Å². The lowest BCUT2D eigenvalue weighted by atomic mass is 10.0. The first-order valence-electron chi connectivity index (χ1n) is 6.23. The zero-order valence-corrected chi connectivity index (χ0v) is 10.7. The molecule has 1 fully saturated rings. The molecule has 7 heteroatoms. The first-order chi connectivity index (χ1) is 8.76. The predicted octanol–water partition coefficient (Wildman–Crippen LogP) is 2.64. The number of carbonyl (C=O) groups is 2. The summed E-state index contributed by atoms with van der Waals surface area (Å²) in [5.41, 5.74) is 0. The Balaban J connectivity index is 2.90. The second-order valence-corrected chi connectivity index (χ2v) is 4.83. The van der Waals surface area contributed by atoms with Crippen molar-refractivity contribution < 1.29 is 27.2 Å². The molecule has 0 spiro atoms. The van der Waals surface area contributed by atoms with Gasteiger partial charge in [0.2, 0.25) is 0 Å². The minimum atomic E-state index is -4.68. The second kappa shape index (κ2) is 6.34. The average Bonchev–Trinajstić information content (AvgIpc) is 2.52. The Morgan fingerprint density at radius 1 is 1.26 bits per heavy atom. The maximum atomic E-state index is 13.1. The summed E-state index contributed by atoms with van der Waals surface area (Å²) in [4.78, 5) is 23.5. The van der Waals surface area contributed by atoms with Crippen LogP contribution >= 0.6 is 0 Å². The van der Waals surface area contributed by atoms with Crippen LogP contribution in [0.15, 0.2) is 0 Å². The van der Waals surface area contributed by atoms with Gasteiger partial charge in [-0.1, -0.05) is 12.8 Å². The van der Waals surface area contributed by atoms with Gasteiger partial charge in [0.1, 0.15) is 5.78 Å². The SMILES string of the molecule is CC(=O)CC1CCCCCN1C(=O)C(F)(F)C(F)F. The highest BCUT2D eigenvalue weighted by Crippen LogP contribution is 2.29. The Bertz CT molecular complexity index is 347. The number of likely N-dealkylation sites (tertiary alicyclic amines) is 1. The molecule has 19 heavy (non-hydrogen) atoms. The largest absolute Gasteiger partial charge is 0.383 e. The number of ketones is 1. The van der Waals surface area contributed by atoms with Crippen LogP contribution in [0, 0.1) is 0 Å². The Kier molecular flexibility index (Phi) is 5.31. The van der Waals surface area contributed by atoms with Gasteiger partial charge >= 0.3 is 12.3 Å². The Labute approximate surface area is 108 Å². The highest BCUT2D eigenvalue weighted by molar-refractivity contribution is 5.85. The summed E-state index contributed by atoms with van der Waals surface area (Å²) in [5, 5.41) is 0. The van der Waals surface area contributed by atoms with Crippen LogP contribution < -0.4 is 0 Å². The van der Waals surface area contributed by atoms with Gasteiger partial charge in [0, 0.05) is 19.0 Å². The molecule has 0 bridgehead atoms. The molecule has 1 saturated heterocycles. The van der Waals surface area contributed by atoms with Crippen molar-refractivity contribution in [3.8, 4) is 0 Å². The van der Waals surface area contributed by atoms with Gasteiger partial charge in [-0.05, 0) is 19.8 Å². The third-order valence-corrected chi connectivity index (χ3v) is 3.22. The molecule has 0 aromatic carbocycles. The first kappa shape index (κ1) is 15.9. The maximum Gasteiger partial charge on any atom is 0.383 e. The maximum absolute atomic E-state index is 13.1. The summed E-state index contributed by atoms with van der Waals surface area (Å²) in [6, 6.07) is -0.697. The van der Waals surface area contributed by atoms with Crippen molar-refractivity contribution in [1.29, 1.82) is 0 Å². The summed E-state index contributed by atoms with van der Waals surface area (Å²) < 4.78 is 50.8. The molecule has 1 atom stereocenters. The van der Waals surface area contributed by atoms with Crippen LogP contribution in [0.1, 0.15) is 39.0 Å². The Morgan fingerprint density at radius 3 is 2.42 bits per heavy atom. The molecule has 1 rings (SSSR count). The number of alkyl halides is 4. The summed E-state index contributed by atoms with van der Waals surface area (Å²) in [7, 11) is 0. The molecule has 1 aliphatic heterocycles. The van der Waals surface area contributed by atoms with E-state index in [1.165, 1.54) is 6.92 Å². The van der Waals surface area contributed by atoms with Crippen LogP contribution in [-0.2, 0) is 9.59 Å². The number of hydrogen-bond acceptors (Lipinski definition) is 2. The smallest absolute Gasteiger partial charge is 0.334 e. The van der Waals surface area contributed by atoms with Crippen LogP contribution in [0.25, 0.3) is 0 Å². The van der Waals surface area contributed by atoms with Crippen LogP contribution in [-0.4, -0.2) is 41.5 Å². The van der Waals surface area contributed by atoms with Gasteiger partial charge in [-0.3, -0.25) is 9.59 Å². The van der Waals surface area contributed by atoms with Crippen LogP contribution in [0.2, 0.25) is 0 Å². The van der Waals surface area contributed by atoms with E-state index in [1.54, 1.807) is 0 Å². The lowest BCUT2D eigenvalue weighted by molar-refractivity contribution is -0.183. The third-order valence-electron chi connectivity index (χ3n) is 3.22. The molecule has 0 radical (unpaired) electrons. The van der Waals surface area contributed by atoms with Gasteiger partial charge in [0.05, 0.1) is 0 Å². The molecule has 0 aliphatic carbocycles. The minimum Gasteiger partial charge on any atom is -0.334 e. The molecule has 1 amide bonds. The fourth-order valence-electron chi connectivity index (χ4n) is 2.27. The molecule has 1 heterocycles. The van der Waals surface area contributed by atoms with E-state index in [1.807, 2.05) is 0 Å². The van der Waals surface area contributed by atoms with E-state index < -0.39 is 24.3 Å². The van der Waals surface area contributed by atoms with Crippen molar-refractivity contribution in [2.24, 2.45) is 0 Å². The third kappa shape index (κ3) is 3.91. The van der Waals surface area contributed by atoms with E-state index in [-0.39, 0.29) is 18.7 Å². The van der Waals surface area contributed by atoms with Crippen molar-refractivity contribution in [2.45, 2.75) is 57.4 Å². The number of carbonyl (C=O) groups excluding carboxylic acids is 2. The summed E-state index contributed by atoms with van der Waals surface area (Å²) in [6.45, 7) is 1.29. The Hall–Kier alpha value is -1.14. The molecule has 0 aromatic heterocycles. The molecule has 1 aliphatic rings. The summed E-state index contributed by atoms with van der Waals surface area (Å²) in [6.07, 6.45) is -1.78. The van der Waals surface area contributed by atoms with Gasteiger partial charge in [-0.15, -0.1) is 0 Å². The molecular formula is C12H17F4NO2. The first-order valence-corrected chi connectivity index (χ1v) is 6.23. The quantitative estimate of drug-likeness (QED) is 0.744. The van der Waals surface area contributed by atoms with E-state index >= 15 is 0 Å². The van der Waals surface area contributed by atoms with E-state index in [2.05, 4.69) is 0 Å². The van der Waals surface area contributed by atoms with E-state index in [9.17, 15) is 27.2 Å². The fraction of sp³-hybridized carbons (Fsp3) is 0.833. The van der Waals surface area contributed by atoms with Crippen molar-refractivity contribution in [1.82, 2.24) is 4.90 Å². The lowest BCUT2D eigenvalue weighted by Gasteiger charge is -2.32. The summed E-state index contributed by atoms with van der Waals surface area (Å²) >= 11 is 0. The van der Waals surface area contributed by atoms with Crippen molar-refractivity contribution in [2.75, 3.05) is 6.54 Å². The van der Waals surface area contributed by atoms with Crippen LogP contribution in [0.4, 0.5) is 17.6 Å². The van der Waals surface area contributed by atoms with Crippen LogP contribution in [0.5, 0.6) is 0 Å². The molecule has 0 aromatic rings. The number of amides is 1. The van der Waals surface area contributed by atoms with Crippen LogP contribution in [0.3, 0.4) is 0 Å². The molecule has 3 nitrogen and oxygen atoms in total. The molecule has 0 saturated carbocycles. The zero-order valence-electron chi connectivity index (χ0n) is 10.7.